The zero-order chi connectivity index (χ0) is 15.6. The maximum absolute atomic E-state index is 12.6. The Bertz CT molecular complexity index is 600. The first-order valence-electron chi connectivity index (χ1n) is 5.54. The smallest absolute Gasteiger partial charge is 0.392 e. The number of alkyl halides is 3. The summed E-state index contributed by atoms with van der Waals surface area (Å²) in [4.78, 5) is -0.493. The lowest BCUT2D eigenvalue weighted by atomic mass is 10.2. The molecule has 1 rings (SSSR count). The Morgan fingerprint density at radius 2 is 2.00 bits per heavy atom. The van der Waals surface area contributed by atoms with Gasteiger partial charge in [-0.1, -0.05) is 25.2 Å². The minimum Gasteiger partial charge on any atom is -0.392 e. The minimum absolute atomic E-state index is 0.0515. The summed E-state index contributed by atoms with van der Waals surface area (Å²) in [6.07, 6.45) is -4.61. The summed E-state index contributed by atoms with van der Waals surface area (Å²) in [6.45, 7) is 1.38. The van der Waals surface area contributed by atoms with Crippen molar-refractivity contribution in [2.45, 2.75) is 18.0 Å². The van der Waals surface area contributed by atoms with Gasteiger partial charge in [-0.3, -0.25) is 0 Å². The van der Waals surface area contributed by atoms with Crippen LogP contribution in [-0.2, 0) is 16.2 Å². The third kappa shape index (κ3) is 3.90. The average Bonchev–Trinajstić information content (AvgIpc) is 2.34. The summed E-state index contributed by atoms with van der Waals surface area (Å²) in [5.74, 6) is 0. The SMILES string of the molecule is CCN(CC(N)=S)S(=O)(=O)c1cccc(C(F)(F)F)c1. The average molecular weight is 326 g/mol. The Hall–Kier alpha value is -1.19. The fourth-order valence-corrected chi connectivity index (χ4v) is 3.23. The van der Waals surface area contributed by atoms with E-state index in [0.29, 0.717) is 6.07 Å². The molecule has 4 nitrogen and oxygen atoms in total. The lowest BCUT2D eigenvalue weighted by molar-refractivity contribution is -0.137. The molecule has 0 heterocycles. The molecule has 0 unspecified atom stereocenters. The molecule has 0 aromatic heterocycles. The van der Waals surface area contributed by atoms with Crippen LogP contribution >= 0.6 is 12.2 Å². The van der Waals surface area contributed by atoms with Crippen LogP contribution in [0.5, 0.6) is 0 Å². The summed E-state index contributed by atoms with van der Waals surface area (Å²) in [5.41, 5.74) is 4.26. The molecule has 9 heteroatoms. The number of benzene rings is 1. The van der Waals surface area contributed by atoms with E-state index in [4.69, 9.17) is 5.73 Å². The first kappa shape index (κ1) is 16.9. The van der Waals surface area contributed by atoms with Crippen molar-refractivity contribution < 1.29 is 21.6 Å². The zero-order valence-electron chi connectivity index (χ0n) is 10.5. The van der Waals surface area contributed by atoms with Gasteiger partial charge in [0.25, 0.3) is 0 Å². The van der Waals surface area contributed by atoms with Crippen LogP contribution < -0.4 is 5.73 Å². The van der Waals surface area contributed by atoms with Gasteiger partial charge in [0, 0.05) is 6.54 Å². The minimum atomic E-state index is -4.61. The van der Waals surface area contributed by atoms with Crippen molar-refractivity contribution >= 4 is 27.2 Å². The van der Waals surface area contributed by atoms with Crippen molar-refractivity contribution in [1.82, 2.24) is 4.31 Å². The second kappa shape index (κ2) is 6.06. The Labute approximate surface area is 120 Å². The number of sulfonamides is 1. The van der Waals surface area contributed by atoms with E-state index in [9.17, 15) is 21.6 Å². The van der Waals surface area contributed by atoms with Gasteiger partial charge in [0.2, 0.25) is 10.0 Å². The van der Waals surface area contributed by atoms with Gasteiger partial charge in [-0.05, 0) is 18.2 Å². The van der Waals surface area contributed by atoms with E-state index in [1.165, 1.54) is 0 Å². The van der Waals surface area contributed by atoms with Crippen LogP contribution in [0.25, 0.3) is 0 Å². The normalized spacial score (nSPS) is 12.7. The number of hydrogen-bond acceptors (Lipinski definition) is 3. The summed E-state index contributed by atoms with van der Waals surface area (Å²) in [5, 5.41) is 0. The van der Waals surface area contributed by atoms with E-state index in [1.807, 2.05) is 0 Å². The van der Waals surface area contributed by atoms with Crippen molar-refractivity contribution in [3.63, 3.8) is 0 Å². The van der Waals surface area contributed by atoms with Crippen molar-refractivity contribution in [3.05, 3.63) is 29.8 Å². The standard InChI is InChI=1S/C11H13F3N2O2S2/c1-2-16(7-10(15)19)20(17,18)9-5-3-4-8(6-9)11(12,13)14/h3-6H,2,7H2,1H3,(H2,15,19). The largest absolute Gasteiger partial charge is 0.416 e. The predicted molar refractivity (Wildman–Crippen MR) is 72.7 cm³/mol. The summed E-state index contributed by atoms with van der Waals surface area (Å²) in [6, 6.07) is 3.55. The van der Waals surface area contributed by atoms with Gasteiger partial charge in [0.1, 0.15) is 0 Å². The van der Waals surface area contributed by atoms with Gasteiger partial charge in [-0.25, -0.2) is 8.42 Å². The van der Waals surface area contributed by atoms with Crippen LogP contribution in [0.3, 0.4) is 0 Å². The first-order valence-corrected chi connectivity index (χ1v) is 7.39. The van der Waals surface area contributed by atoms with Crippen LogP contribution in [0, 0.1) is 0 Å². The van der Waals surface area contributed by atoms with Gasteiger partial charge < -0.3 is 5.73 Å². The molecule has 20 heavy (non-hydrogen) atoms. The predicted octanol–water partition coefficient (Wildman–Crippen LogP) is 2.00. The summed E-state index contributed by atoms with van der Waals surface area (Å²) >= 11 is 4.63. The van der Waals surface area contributed by atoms with E-state index in [0.717, 1.165) is 22.5 Å². The molecule has 0 saturated heterocycles. The third-order valence-electron chi connectivity index (χ3n) is 2.48. The maximum Gasteiger partial charge on any atom is 0.416 e. The van der Waals surface area contributed by atoms with Crippen molar-refractivity contribution in [3.8, 4) is 0 Å². The van der Waals surface area contributed by atoms with Crippen molar-refractivity contribution in [2.24, 2.45) is 5.73 Å². The highest BCUT2D eigenvalue weighted by Crippen LogP contribution is 2.31. The summed E-state index contributed by atoms with van der Waals surface area (Å²) in [7, 11) is -4.06. The molecule has 1 aromatic rings. The molecular weight excluding hydrogens is 313 g/mol. The van der Waals surface area contributed by atoms with E-state index in [2.05, 4.69) is 12.2 Å². The van der Waals surface area contributed by atoms with E-state index in [1.54, 1.807) is 6.92 Å². The first-order chi connectivity index (χ1) is 9.09. The van der Waals surface area contributed by atoms with E-state index < -0.39 is 26.7 Å². The Morgan fingerprint density at radius 1 is 1.40 bits per heavy atom. The molecule has 0 atom stereocenters. The second-order valence-electron chi connectivity index (χ2n) is 3.92. The van der Waals surface area contributed by atoms with Crippen LogP contribution in [0.2, 0.25) is 0 Å². The Balaban J connectivity index is 3.25. The van der Waals surface area contributed by atoms with Gasteiger partial charge in [-0.2, -0.15) is 17.5 Å². The molecule has 0 radical (unpaired) electrons. The fraction of sp³-hybridized carbons (Fsp3) is 0.364. The molecule has 1 aromatic carbocycles. The third-order valence-corrected chi connectivity index (χ3v) is 4.53. The fourth-order valence-electron chi connectivity index (χ4n) is 1.52. The molecule has 0 fully saturated rings. The monoisotopic (exact) mass is 326 g/mol. The number of rotatable bonds is 5. The van der Waals surface area contributed by atoms with Crippen LogP contribution in [0.15, 0.2) is 29.2 Å². The van der Waals surface area contributed by atoms with Crippen molar-refractivity contribution in [1.29, 1.82) is 0 Å². The second-order valence-corrected chi connectivity index (χ2v) is 6.39. The number of nitrogens with zero attached hydrogens (tertiary/aromatic N) is 1. The lowest BCUT2D eigenvalue weighted by Crippen LogP contribution is -2.37. The summed E-state index contributed by atoms with van der Waals surface area (Å²) < 4.78 is 63.2. The quantitative estimate of drug-likeness (QED) is 0.841. The maximum atomic E-state index is 12.6. The number of hydrogen-bond donors (Lipinski definition) is 1. The molecule has 112 valence electrons. The highest BCUT2D eigenvalue weighted by molar-refractivity contribution is 7.89. The molecule has 0 spiro atoms. The molecule has 0 aliphatic heterocycles. The molecule has 0 aliphatic carbocycles. The van der Waals surface area contributed by atoms with Crippen LogP contribution in [0.4, 0.5) is 13.2 Å². The van der Waals surface area contributed by atoms with Gasteiger partial charge in [0.05, 0.1) is 22.0 Å². The van der Waals surface area contributed by atoms with Gasteiger partial charge in [-0.15, -0.1) is 0 Å². The Morgan fingerprint density at radius 3 is 2.45 bits per heavy atom. The van der Waals surface area contributed by atoms with E-state index >= 15 is 0 Å². The highest BCUT2D eigenvalue weighted by atomic mass is 32.2. The van der Waals surface area contributed by atoms with Gasteiger partial charge in [0.15, 0.2) is 0 Å². The number of halogens is 3. The molecule has 0 aliphatic rings. The number of likely N-dealkylation sites (N-methyl/N-ethyl adjacent to an activating group) is 1. The van der Waals surface area contributed by atoms with Gasteiger partial charge >= 0.3 is 6.18 Å². The molecule has 0 bridgehead atoms. The van der Waals surface area contributed by atoms with Crippen molar-refractivity contribution in [2.75, 3.05) is 13.1 Å². The lowest BCUT2D eigenvalue weighted by Gasteiger charge is -2.20. The molecule has 0 amide bonds. The molecule has 0 saturated carbocycles. The number of nitrogens with two attached hydrogens (primary N) is 1. The topological polar surface area (TPSA) is 63.4 Å². The molecular formula is C11H13F3N2O2S2. The van der Waals surface area contributed by atoms with Crippen LogP contribution in [-0.4, -0.2) is 30.8 Å². The Kier molecular flexibility index (Phi) is 5.11. The highest BCUT2D eigenvalue weighted by Gasteiger charge is 2.32. The van der Waals surface area contributed by atoms with Crippen LogP contribution in [0.1, 0.15) is 12.5 Å². The van der Waals surface area contributed by atoms with E-state index in [-0.39, 0.29) is 18.1 Å². The number of thiocarbonyl (C=S) groups is 1. The zero-order valence-corrected chi connectivity index (χ0v) is 12.1. The molecule has 2 N–H and O–H groups in total.